The molecule has 112 valence electrons. The third-order valence-corrected chi connectivity index (χ3v) is 4.06. The zero-order chi connectivity index (χ0) is 14.1. The van der Waals surface area contributed by atoms with Crippen molar-refractivity contribution in [2.24, 2.45) is 0 Å². The molecule has 0 aliphatic carbocycles. The van der Waals surface area contributed by atoms with Crippen LogP contribution in [-0.2, 0) is 4.79 Å². The molecule has 2 unspecified atom stereocenters. The van der Waals surface area contributed by atoms with Crippen molar-refractivity contribution in [2.45, 2.75) is 90.1 Å². The lowest BCUT2D eigenvalue weighted by molar-refractivity contribution is -0.122. The first kappa shape index (κ1) is 16.5. The first-order valence-corrected chi connectivity index (χ1v) is 8.16. The molecule has 0 aromatic carbocycles. The van der Waals surface area contributed by atoms with Crippen LogP contribution < -0.4 is 10.6 Å². The van der Waals surface area contributed by atoms with Crippen LogP contribution in [0, 0.1) is 0 Å². The normalized spacial score (nSPS) is 20.9. The van der Waals surface area contributed by atoms with Crippen LogP contribution in [0.1, 0.15) is 78.6 Å². The second-order valence-corrected chi connectivity index (χ2v) is 6.28. The van der Waals surface area contributed by atoms with E-state index in [1.807, 2.05) is 0 Å². The molecule has 0 radical (unpaired) electrons. The second-order valence-electron chi connectivity index (χ2n) is 6.28. The van der Waals surface area contributed by atoms with Gasteiger partial charge in [-0.1, -0.05) is 58.8 Å². The Morgan fingerprint density at radius 3 is 2.16 bits per heavy atom. The molecule has 19 heavy (non-hydrogen) atoms. The highest BCUT2D eigenvalue weighted by Crippen LogP contribution is 2.23. The van der Waals surface area contributed by atoms with Crippen LogP contribution in [0.25, 0.3) is 0 Å². The number of unbranched alkanes of at least 4 members (excludes halogenated alkanes) is 5. The number of hydrogen-bond donors (Lipinski definition) is 2. The van der Waals surface area contributed by atoms with Crippen molar-refractivity contribution in [3.05, 3.63) is 0 Å². The Balaban J connectivity index is 2.37. The standard InChI is InChI=1S/C16H32N2O/c1-4-6-8-10-12-16(3,11-9-7-5-2)18-15(19)14-13-17-14/h14,17H,4-13H2,1-3H3,(H,18,19). The van der Waals surface area contributed by atoms with Crippen LogP contribution >= 0.6 is 0 Å². The molecule has 0 spiro atoms. The number of rotatable bonds is 11. The van der Waals surface area contributed by atoms with Crippen molar-refractivity contribution < 1.29 is 4.79 Å². The maximum Gasteiger partial charge on any atom is 0.238 e. The van der Waals surface area contributed by atoms with Crippen LogP contribution in [0.15, 0.2) is 0 Å². The first-order chi connectivity index (χ1) is 9.11. The third kappa shape index (κ3) is 6.95. The minimum Gasteiger partial charge on any atom is -0.350 e. The van der Waals surface area contributed by atoms with Gasteiger partial charge in [-0.05, 0) is 19.8 Å². The van der Waals surface area contributed by atoms with Gasteiger partial charge in [0, 0.05) is 12.1 Å². The zero-order valence-electron chi connectivity index (χ0n) is 13.1. The molecule has 1 aliphatic rings. The summed E-state index contributed by atoms with van der Waals surface area (Å²) < 4.78 is 0. The summed E-state index contributed by atoms with van der Waals surface area (Å²) in [4.78, 5) is 12.0. The summed E-state index contributed by atoms with van der Waals surface area (Å²) in [6.07, 6.45) is 11.1. The molecule has 0 aromatic heterocycles. The van der Waals surface area contributed by atoms with Crippen LogP contribution in [0.2, 0.25) is 0 Å². The summed E-state index contributed by atoms with van der Waals surface area (Å²) in [7, 11) is 0. The van der Waals surface area contributed by atoms with Crippen LogP contribution in [0.5, 0.6) is 0 Å². The van der Waals surface area contributed by atoms with Gasteiger partial charge in [-0.15, -0.1) is 0 Å². The molecular weight excluding hydrogens is 236 g/mol. The lowest BCUT2D eigenvalue weighted by atomic mass is 9.88. The van der Waals surface area contributed by atoms with Gasteiger partial charge in [0.25, 0.3) is 0 Å². The molecule has 2 N–H and O–H groups in total. The van der Waals surface area contributed by atoms with Gasteiger partial charge in [-0.2, -0.15) is 0 Å². The predicted octanol–water partition coefficient (Wildman–Crippen LogP) is 3.38. The number of amides is 1. The van der Waals surface area contributed by atoms with Crippen LogP contribution in [-0.4, -0.2) is 24.0 Å². The number of carbonyl (C=O) groups excluding carboxylic acids is 1. The van der Waals surface area contributed by atoms with Crippen LogP contribution in [0.3, 0.4) is 0 Å². The molecule has 3 nitrogen and oxygen atoms in total. The van der Waals surface area contributed by atoms with E-state index in [2.05, 4.69) is 31.4 Å². The highest BCUT2D eigenvalue weighted by Gasteiger charge is 2.33. The van der Waals surface area contributed by atoms with Crippen molar-refractivity contribution in [2.75, 3.05) is 6.54 Å². The van der Waals surface area contributed by atoms with Gasteiger partial charge in [-0.3, -0.25) is 4.79 Å². The van der Waals surface area contributed by atoms with Gasteiger partial charge in [0.05, 0.1) is 6.04 Å². The predicted molar refractivity (Wildman–Crippen MR) is 81.2 cm³/mol. The maximum atomic E-state index is 12.0. The molecule has 1 aliphatic heterocycles. The van der Waals surface area contributed by atoms with E-state index in [0.29, 0.717) is 0 Å². The summed E-state index contributed by atoms with van der Waals surface area (Å²) in [6, 6.07) is 0.0844. The van der Waals surface area contributed by atoms with Gasteiger partial charge >= 0.3 is 0 Å². The Morgan fingerprint density at radius 1 is 1.11 bits per heavy atom. The smallest absolute Gasteiger partial charge is 0.238 e. The molecular formula is C16H32N2O. The zero-order valence-corrected chi connectivity index (χ0v) is 13.1. The average Bonchev–Trinajstić information content (AvgIpc) is 3.19. The topological polar surface area (TPSA) is 51.0 Å². The molecule has 0 aromatic rings. The van der Waals surface area contributed by atoms with Gasteiger partial charge in [-0.25, -0.2) is 0 Å². The highest BCUT2D eigenvalue weighted by molar-refractivity contribution is 5.85. The molecule has 1 saturated heterocycles. The molecule has 3 heteroatoms. The molecule has 1 amide bonds. The van der Waals surface area contributed by atoms with Crippen molar-refractivity contribution in [3.63, 3.8) is 0 Å². The van der Waals surface area contributed by atoms with Gasteiger partial charge in [0.2, 0.25) is 5.91 Å². The van der Waals surface area contributed by atoms with E-state index in [1.165, 1.54) is 44.9 Å². The van der Waals surface area contributed by atoms with E-state index in [4.69, 9.17) is 0 Å². The van der Waals surface area contributed by atoms with E-state index in [0.717, 1.165) is 19.4 Å². The molecule has 1 heterocycles. The Hall–Kier alpha value is -0.570. The quantitative estimate of drug-likeness (QED) is 0.446. The minimum absolute atomic E-state index is 0.00423. The largest absolute Gasteiger partial charge is 0.350 e. The maximum absolute atomic E-state index is 12.0. The fraction of sp³-hybridized carbons (Fsp3) is 0.938. The monoisotopic (exact) mass is 268 g/mol. The third-order valence-electron chi connectivity index (χ3n) is 4.06. The Bertz CT molecular complexity index is 263. The summed E-state index contributed by atoms with van der Waals surface area (Å²) in [5, 5.41) is 6.38. The fourth-order valence-electron chi connectivity index (χ4n) is 2.59. The van der Waals surface area contributed by atoms with Crippen molar-refractivity contribution in [3.8, 4) is 0 Å². The molecule has 0 bridgehead atoms. The van der Waals surface area contributed by atoms with E-state index in [-0.39, 0.29) is 17.5 Å². The Kier molecular flexibility index (Phi) is 7.44. The lowest BCUT2D eigenvalue weighted by Gasteiger charge is -2.31. The number of hydrogen-bond acceptors (Lipinski definition) is 2. The average molecular weight is 268 g/mol. The Labute approximate surface area is 118 Å². The van der Waals surface area contributed by atoms with Crippen LogP contribution in [0.4, 0.5) is 0 Å². The summed E-state index contributed by atoms with van der Waals surface area (Å²) in [6.45, 7) is 7.55. The van der Waals surface area contributed by atoms with Gasteiger partial charge in [0.15, 0.2) is 0 Å². The van der Waals surface area contributed by atoms with E-state index < -0.39 is 0 Å². The van der Waals surface area contributed by atoms with E-state index >= 15 is 0 Å². The van der Waals surface area contributed by atoms with E-state index in [9.17, 15) is 4.79 Å². The molecule has 0 saturated carbocycles. The minimum atomic E-state index is 0.00423. The summed E-state index contributed by atoms with van der Waals surface area (Å²) in [5.74, 6) is 0.203. The SMILES string of the molecule is CCCCCCC(C)(CCCCC)NC(=O)C1CN1. The highest BCUT2D eigenvalue weighted by atomic mass is 16.2. The fourth-order valence-corrected chi connectivity index (χ4v) is 2.59. The summed E-state index contributed by atoms with van der Waals surface area (Å²) >= 11 is 0. The first-order valence-electron chi connectivity index (χ1n) is 8.16. The number of nitrogens with one attached hydrogen (secondary N) is 2. The van der Waals surface area contributed by atoms with Crippen molar-refractivity contribution in [1.29, 1.82) is 0 Å². The van der Waals surface area contributed by atoms with Crippen molar-refractivity contribution >= 4 is 5.91 Å². The molecule has 2 atom stereocenters. The summed E-state index contributed by atoms with van der Waals surface area (Å²) in [5.41, 5.74) is 0.00423. The Morgan fingerprint density at radius 2 is 1.63 bits per heavy atom. The molecule has 1 fully saturated rings. The van der Waals surface area contributed by atoms with Gasteiger partial charge < -0.3 is 10.6 Å². The molecule has 1 rings (SSSR count). The van der Waals surface area contributed by atoms with Crippen molar-refractivity contribution in [1.82, 2.24) is 10.6 Å². The number of carbonyl (C=O) groups is 1. The van der Waals surface area contributed by atoms with E-state index in [1.54, 1.807) is 0 Å². The lowest BCUT2D eigenvalue weighted by Crippen LogP contribution is -2.48. The van der Waals surface area contributed by atoms with Gasteiger partial charge in [0.1, 0.15) is 0 Å². The second kappa shape index (κ2) is 8.57.